The van der Waals surface area contributed by atoms with E-state index in [1.54, 1.807) is 0 Å². The van der Waals surface area contributed by atoms with Gasteiger partial charge in [0.1, 0.15) is 6.04 Å². The highest BCUT2D eigenvalue weighted by molar-refractivity contribution is 5.83. The highest BCUT2D eigenvalue weighted by Gasteiger charge is 2.26. The molecule has 1 aliphatic heterocycles. The largest absolute Gasteiger partial charge is 0.341 e. The van der Waals surface area contributed by atoms with Gasteiger partial charge < -0.3 is 9.88 Å². The summed E-state index contributed by atoms with van der Waals surface area (Å²) in [5.41, 5.74) is 2.78. The SMILES string of the molecule is O=C([C@H](NCc1ccc2[nH]c(=O)ccc2c1)c1ccccc1)N1CCCCC1. The van der Waals surface area contributed by atoms with E-state index in [2.05, 4.69) is 10.3 Å². The second kappa shape index (κ2) is 8.40. The lowest BCUT2D eigenvalue weighted by molar-refractivity contribution is -0.134. The molecule has 1 atom stereocenters. The predicted molar refractivity (Wildman–Crippen MR) is 111 cm³/mol. The molecule has 28 heavy (non-hydrogen) atoms. The van der Waals surface area contributed by atoms with Gasteiger partial charge in [0.05, 0.1) is 0 Å². The summed E-state index contributed by atoms with van der Waals surface area (Å²) in [6.45, 7) is 2.26. The lowest BCUT2D eigenvalue weighted by atomic mass is 10.0. The van der Waals surface area contributed by atoms with Crippen LogP contribution in [0.2, 0.25) is 0 Å². The van der Waals surface area contributed by atoms with Gasteiger partial charge in [0.15, 0.2) is 0 Å². The van der Waals surface area contributed by atoms with Crippen LogP contribution in [0.5, 0.6) is 0 Å². The van der Waals surface area contributed by atoms with Gasteiger partial charge >= 0.3 is 0 Å². The predicted octanol–water partition coefficient (Wildman–Crippen LogP) is 3.37. The maximum Gasteiger partial charge on any atom is 0.248 e. The number of likely N-dealkylation sites (tertiary alicyclic amines) is 1. The highest BCUT2D eigenvalue weighted by atomic mass is 16.2. The van der Waals surface area contributed by atoms with E-state index in [0.29, 0.717) is 6.54 Å². The second-order valence-corrected chi connectivity index (χ2v) is 7.35. The number of carbonyl (C=O) groups is 1. The third kappa shape index (κ3) is 4.15. The first-order chi connectivity index (χ1) is 13.7. The van der Waals surface area contributed by atoms with Crippen molar-refractivity contribution in [3.8, 4) is 0 Å². The number of aromatic amines is 1. The van der Waals surface area contributed by atoms with Crippen molar-refractivity contribution in [1.29, 1.82) is 0 Å². The molecule has 0 bridgehead atoms. The van der Waals surface area contributed by atoms with E-state index in [-0.39, 0.29) is 17.5 Å². The summed E-state index contributed by atoms with van der Waals surface area (Å²) < 4.78 is 0. The summed E-state index contributed by atoms with van der Waals surface area (Å²) in [4.78, 5) is 29.5. The van der Waals surface area contributed by atoms with Crippen molar-refractivity contribution in [3.63, 3.8) is 0 Å². The fourth-order valence-corrected chi connectivity index (χ4v) is 3.82. The Morgan fingerprint density at radius 2 is 1.79 bits per heavy atom. The number of pyridine rings is 1. The number of nitrogens with zero attached hydrogens (tertiary/aromatic N) is 1. The normalized spacial score (nSPS) is 15.5. The summed E-state index contributed by atoms with van der Waals surface area (Å²) in [6.07, 6.45) is 3.36. The van der Waals surface area contributed by atoms with Crippen LogP contribution in [0.15, 0.2) is 65.5 Å². The number of benzene rings is 2. The number of piperidine rings is 1. The second-order valence-electron chi connectivity index (χ2n) is 7.35. The average Bonchev–Trinajstić information content (AvgIpc) is 2.75. The molecule has 5 nitrogen and oxygen atoms in total. The van der Waals surface area contributed by atoms with Gasteiger partial charge in [0.2, 0.25) is 11.5 Å². The molecule has 1 aromatic heterocycles. The van der Waals surface area contributed by atoms with Gasteiger partial charge in [-0.2, -0.15) is 0 Å². The number of fused-ring (bicyclic) bond motifs is 1. The number of hydrogen-bond donors (Lipinski definition) is 2. The Hall–Kier alpha value is -2.92. The Bertz CT molecular complexity index is 1010. The van der Waals surface area contributed by atoms with Crippen molar-refractivity contribution in [2.45, 2.75) is 31.8 Å². The van der Waals surface area contributed by atoms with E-state index < -0.39 is 0 Å². The number of amides is 1. The van der Waals surface area contributed by atoms with Crippen LogP contribution in [0.3, 0.4) is 0 Å². The van der Waals surface area contributed by atoms with E-state index in [9.17, 15) is 9.59 Å². The van der Waals surface area contributed by atoms with Crippen LogP contribution in [-0.4, -0.2) is 28.9 Å². The molecule has 1 amide bonds. The van der Waals surface area contributed by atoms with Gasteiger partial charge in [-0.05, 0) is 54.0 Å². The molecule has 1 fully saturated rings. The summed E-state index contributed by atoms with van der Waals surface area (Å²) in [5.74, 6) is 0.149. The molecular formula is C23H25N3O2. The zero-order valence-corrected chi connectivity index (χ0v) is 15.9. The Kier molecular flexibility index (Phi) is 5.53. The maximum absolute atomic E-state index is 13.2. The van der Waals surface area contributed by atoms with E-state index in [0.717, 1.165) is 48.0 Å². The Labute approximate surface area is 164 Å². The number of hydrogen-bond acceptors (Lipinski definition) is 3. The smallest absolute Gasteiger partial charge is 0.248 e. The van der Waals surface area contributed by atoms with Crippen LogP contribution < -0.4 is 10.9 Å². The van der Waals surface area contributed by atoms with Gasteiger partial charge in [-0.15, -0.1) is 0 Å². The van der Waals surface area contributed by atoms with Crippen molar-refractivity contribution < 1.29 is 4.79 Å². The Morgan fingerprint density at radius 1 is 1.00 bits per heavy atom. The summed E-state index contributed by atoms with van der Waals surface area (Å²) in [6, 6.07) is 18.9. The van der Waals surface area contributed by atoms with E-state index in [4.69, 9.17) is 0 Å². The molecule has 5 heteroatoms. The molecule has 0 aliphatic carbocycles. The number of nitrogens with one attached hydrogen (secondary N) is 2. The number of rotatable bonds is 5. The fourth-order valence-electron chi connectivity index (χ4n) is 3.82. The van der Waals surface area contributed by atoms with Crippen molar-refractivity contribution in [2.75, 3.05) is 13.1 Å². The van der Waals surface area contributed by atoms with Gasteiger partial charge in [-0.25, -0.2) is 0 Å². The van der Waals surface area contributed by atoms with Crippen LogP contribution in [0.25, 0.3) is 10.9 Å². The first kappa shape index (κ1) is 18.4. The first-order valence-electron chi connectivity index (χ1n) is 9.90. The van der Waals surface area contributed by atoms with Crippen LogP contribution in [0, 0.1) is 0 Å². The third-order valence-corrected chi connectivity index (χ3v) is 5.35. The Balaban J connectivity index is 1.54. The van der Waals surface area contributed by atoms with Gasteiger partial charge in [0.25, 0.3) is 0 Å². The lowest BCUT2D eigenvalue weighted by Gasteiger charge is -2.31. The monoisotopic (exact) mass is 375 g/mol. The molecule has 4 rings (SSSR count). The molecule has 1 aliphatic rings. The molecule has 0 spiro atoms. The lowest BCUT2D eigenvalue weighted by Crippen LogP contribution is -2.43. The molecule has 3 aromatic rings. The molecule has 0 unspecified atom stereocenters. The van der Waals surface area contributed by atoms with Gasteiger partial charge in [-0.3, -0.25) is 14.9 Å². The van der Waals surface area contributed by atoms with Gasteiger partial charge in [-0.1, -0.05) is 36.4 Å². The molecule has 2 aromatic carbocycles. The molecule has 1 saturated heterocycles. The topological polar surface area (TPSA) is 65.2 Å². The summed E-state index contributed by atoms with van der Waals surface area (Å²) in [7, 11) is 0. The molecular weight excluding hydrogens is 350 g/mol. The van der Waals surface area contributed by atoms with E-state index in [1.807, 2.05) is 59.5 Å². The molecule has 0 radical (unpaired) electrons. The van der Waals surface area contributed by atoms with E-state index >= 15 is 0 Å². The van der Waals surface area contributed by atoms with Gasteiger partial charge in [0, 0.05) is 31.2 Å². The van der Waals surface area contributed by atoms with Crippen LogP contribution in [0.1, 0.15) is 36.4 Å². The van der Waals surface area contributed by atoms with Crippen molar-refractivity contribution in [2.24, 2.45) is 0 Å². The minimum Gasteiger partial charge on any atom is -0.341 e. The average molecular weight is 375 g/mol. The molecule has 0 saturated carbocycles. The third-order valence-electron chi connectivity index (χ3n) is 5.35. The molecule has 2 N–H and O–H groups in total. The first-order valence-corrected chi connectivity index (χ1v) is 9.90. The van der Waals surface area contributed by atoms with Crippen molar-refractivity contribution >= 4 is 16.8 Å². The van der Waals surface area contributed by atoms with Crippen molar-refractivity contribution in [3.05, 3.63) is 82.1 Å². The van der Waals surface area contributed by atoms with E-state index in [1.165, 1.54) is 12.5 Å². The zero-order chi connectivity index (χ0) is 19.3. The minimum atomic E-state index is -0.356. The summed E-state index contributed by atoms with van der Waals surface area (Å²) >= 11 is 0. The fraction of sp³-hybridized carbons (Fsp3) is 0.304. The van der Waals surface area contributed by atoms with Crippen molar-refractivity contribution in [1.82, 2.24) is 15.2 Å². The number of aromatic nitrogens is 1. The Morgan fingerprint density at radius 3 is 2.57 bits per heavy atom. The summed E-state index contributed by atoms with van der Waals surface area (Å²) in [5, 5.41) is 4.45. The number of H-pyrrole nitrogens is 1. The zero-order valence-electron chi connectivity index (χ0n) is 15.9. The standard InChI is InChI=1S/C23H25N3O2/c27-21-12-10-19-15-17(9-11-20(19)25-21)16-24-22(18-7-3-1-4-8-18)23(28)26-13-5-2-6-14-26/h1,3-4,7-12,15,22,24H,2,5-6,13-14,16H2,(H,25,27)/t22-/m1/s1. The molecule has 2 heterocycles. The number of carbonyl (C=O) groups excluding carboxylic acids is 1. The van der Waals surface area contributed by atoms with Crippen LogP contribution in [0.4, 0.5) is 0 Å². The minimum absolute atomic E-state index is 0.102. The molecule has 144 valence electrons. The van der Waals surface area contributed by atoms with Crippen LogP contribution in [-0.2, 0) is 11.3 Å². The highest BCUT2D eigenvalue weighted by Crippen LogP contribution is 2.20. The van der Waals surface area contributed by atoms with Crippen LogP contribution >= 0.6 is 0 Å². The quantitative estimate of drug-likeness (QED) is 0.719. The maximum atomic E-state index is 13.2.